The molecule has 3 aromatic rings. The van der Waals surface area contributed by atoms with Crippen molar-refractivity contribution in [1.82, 2.24) is 19.6 Å². The molecule has 1 aromatic carbocycles. The van der Waals surface area contributed by atoms with Crippen molar-refractivity contribution >= 4 is 29.0 Å². The van der Waals surface area contributed by atoms with E-state index in [1.165, 1.54) is 33.9 Å². The van der Waals surface area contributed by atoms with E-state index in [1.54, 1.807) is 19.1 Å². The smallest absolute Gasteiger partial charge is 0.302 e. The van der Waals surface area contributed by atoms with Gasteiger partial charge in [-0.3, -0.25) is 24.3 Å². The lowest BCUT2D eigenvalue weighted by atomic mass is 10.2. The van der Waals surface area contributed by atoms with Gasteiger partial charge in [-0.15, -0.1) is 0 Å². The molecule has 140 valence electrons. The molecule has 0 aliphatic heterocycles. The van der Waals surface area contributed by atoms with E-state index in [4.69, 9.17) is 11.6 Å². The second-order valence-electron chi connectivity index (χ2n) is 5.58. The normalized spacial score (nSPS) is 10.8. The minimum Gasteiger partial charge on any atom is -0.302 e. The zero-order valence-corrected chi connectivity index (χ0v) is 14.9. The number of rotatable bonds is 6. The van der Waals surface area contributed by atoms with E-state index >= 15 is 0 Å². The van der Waals surface area contributed by atoms with Crippen LogP contribution in [0.4, 0.5) is 15.9 Å². The van der Waals surface area contributed by atoms with Gasteiger partial charge >= 0.3 is 5.69 Å². The maximum Gasteiger partial charge on any atom is 0.320 e. The van der Waals surface area contributed by atoms with E-state index in [9.17, 15) is 19.3 Å². The first-order chi connectivity index (χ1) is 12.9. The van der Waals surface area contributed by atoms with E-state index in [1.807, 2.05) is 0 Å². The van der Waals surface area contributed by atoms with Crippen molar-refractivity contribution in [2.24, 2.45) is 0 Å². The zero-order chi connectivity index (χ0) is 19.6. The summed E-state index contributed by atoms with van der Waals surface area (Å²) in [6.45, 7) is 2.35. The van der Waals surface area contributed by atoms with Gasteiger partial charge in [0.25, 0.3) is 5.91 Å². The van der Waals surface area contributed by atoms with Crippen LogP contribution in [-0.4, -0.2) is 30.4 Å². The highest BCUT2D eigenvalue weighted by atomic mass is 35.5. The second kappa shape index (κ2) is 7.54. The third-order valence-corrected chi connectivity index (χ3v) is 3.94. The van der Waals surface area contributed by atoms with Gasteiger partial charge in [0.15, 0.2) is 5.82 Å². The van der Waals surface area contributed by atoms with Crippen molar-refractivity contribution in [3.05, 3.63) is 68.9 Å². The third-order valence-electron chi connectivity index (χ3n) is 3.66. The van der Waals surface area contributed by atoms with Gasteiger partial charge in [0.05, 0.1) is 11.5 Å². The van der Waals surface area contributed by atoms with Crippen molar-refractivity contribution in [2.75, 3.05) is 5.32 Å². The van der Waals surface area contributed by atoms with Crippen molar-refractivity contribution in [1.29, 1.82) is 0 Å². The summed E-state index contributed by atoms with van der Waals surface area (Å²) in [4.78, 5) is 22.8. The number of nitrogens with zero attached hydrogens (tertiary/aromatic N) is 5. The fourth-order valence-corrected chi connectivity index (χ4v) is 2.62. The van der Waals surface area contributed by atoms with Gasteiger partial charge in [-0.2, -0.15) is 10.2 Å². The number of nitrogens with one attached hydrogen (secondary N) is 1. The number of anilines is 1. The number of carbonyl (C=O) groups excluding carboxylic acids is 1. The van der Waals surface area contributed by atoms with E-state index in [0.717, 1.165) is 0 Å². The first-order valence-electron chi connectivity index (χ1n) is 7.88. The Bertz CT molecular complexity index is 1020. The predicted octanol–water partition coefficient (Wildman–Crippen LogP) is 3.10. The molecule has 9 nitrogen and oxygen atoms in total. The van der Waals surface area contributed by atoms with Crippen LogP contribution in [0.1, 0.15) is 23.0 Å². The minimum atomic E-state index is -0.799. The van der Waals surface area contributed by atoms with Crippen LogP contribution in [0.5, 0.6) is 0 Å². The van der Waals surface area contributed by atoms with E-state index < -0.39 is 16.5 Å². The molecule has 0 spiro atoms. The number of hydrogen-bond acceptors (Lipinski definition) is 5. The summed E-state index contributed by atoms with van der Waals surface area (Å²) >= 11 is 6.08. The molecule has 2 heterocycles. The number of benzene rings is 1. The molecule has 27 heavy (non-hydrogen) atoms. The Morgan fingerprint density at radius 2 is 2.11 bits per heavy atom. The van der Waals surface area contributed by atoms with Gasteiger partial charge in [0, 0.05) is 12.7 Å². The Labute approximate surface area is 157 Å². The molecule has 0 fully saturated rings. The Hall–Kier alpha value is -3.27. The van der Waals surface area contributed by atoms with Gasteiger partial charge in [-0.1, -0.05) is 23.7 Å². The average molecular weight is 393 g/mol. The van der Waals surface area contributed by atoms with Crippen LogP contribution in [0.25, 0.3) is 0 Å². The van der Waals surface area contributed by atoms with Gasteiger partial charge in [-0.25, -0.2) is 4.39 Å². The lowest BCUT2D eigenvalue weighted by Crippen LogP contribution is -2.15. The summed E-state index contributed by atoms with van der Waals surface area (Å²) in [6, 6.07) is 5.97. The average Bonchev–Trinajstić information content (AvgIpc) is 3.19. The van der Waals surface area contributed by atoms with Crippen LogP contribution in [0.2, 0.25) is 5.02 Å². The molecule has 2 aromatic heterocycles. The molecule has 0 saturated heterocycles. The maximum absolute atomic E-state index is 13.3. The Balaban J connectivity index is 1.80. The predicted molar refractivity (Wildman–Crippen MR) is 95.2 cm³/mol. The largest absolute Gasteiger partial charge is 0.320 e. The summed E-state index contributed by atoms with van der Waals surface area (Å²) in [6.07, 6.45) is 2.64. The Morgan fingerprint density at radius 1 is 1.33 bits per heavy atom. The molecule has 0 atom stereocenters. The fourth-order valence-electron chi connectivity index (χ4n) is 2.42. The van der Waals surface area contributed by atoms with Crippen molar-refractivity contribution in [2.45, 2.75) is 20.0 Å². The lowest BCUT2D eigenvalue weighted by Gasteiger charge is -2.02. The molecule has 1 N–H and O–H groups in total. The lowest BCUT2D eigenvalue weighted by molar-refractivity contribution is -0.385. The molecular formula is C16H14ClFN6O3. The Kier molecular flexibility index (Phi) is 5.17. The SMILES string of the molecule is CCn1cc([N+](=O)[O-])c(C(=O)Nc2nn(Cc3cccc(F)c3)cc2Cl)n1. The number of halogens is 2. The highest BCUT2D eigenvalue weighted by Crippen LogP contribution is 2.23. The van der Waals surface area contributed by atoms with Crippen molar-refractivity contribution in [3.63, 3.8) is 0 Å². The molecule has 0 aliphatic carbocycles. The number of amides is 1. The highest BCUT2D eigenvalue weighted by Gasteiger charge is 2.26. The number of aryl methyl sites for hydroxylation is 1. The third kappa shape index (κ3) is 4.11. The van der Waals surface area contributed by atoms with Gasteiger partial charge < -0.3 is 5.32 Å². The summed E-state index contributed by atoms with van der Waals surface area (Å²) in [5, 5.41) is 21.7. The van der Waals surface area contributed by atoms with Crippen LogP contribution >= 0.6 is 11.6 Å². The van der Waals surface area contributed by atoms with Crippen molar-refractivity contribution in [3.8, 4) is 0 Å². The molecular weight excluding hydrogens is 379 g/mol. The molecule has 0 radical (unpaired) electrons. The zero-order valence-electron chi connectivity index (χ0n) is 14.1. The molecule has 3 rings (SSSR count). The molecule has 1 amide bonds. The molecule has 11 heteroatoms. The molecule has 0 aliphatic rings. The second-order valence-corrected chi connectivity index (χ2v) is 5.99. The summed E-state index contributed by atoms with van der Waals surface area (Å²) in [7, 11) is 0. The molecule has 0 saturated carbocycles. The first kappa shape index (κ1) is 18.5. The number of nitro groups is 1. The summed E-state index contributed by atoms with van der Waals surface area (Å²) < 4.78 is 16.0. The maximum atomic E-state index is 13.3. The van der Waals surface area contributed by atoms with Crippen LogP contribution in [0.15, 0.2) is 36.7 Å². The number of hydrogen-bond donors (Lipinski definition) is 1. The standard InChI is InChI=1S/C16H14ClFN6O3/c1-2-22-9-13(24(26)27)14(20-22)16(25)19-15-12(17)8-23(21-15)7-10-4-3-5-11(18)6-10/h3-6,8-9H,2,7H2,1H3,(H,19,21,25). The van der Waals surface area contributed by atoms with Gasteiger partial charge in [-0.05, 0) is 24.6 Å². The summed E-state index contributed by atoms with van der Waals surface area (Å²) in [5.74, 6) is -1.15. The fraction of sp³-hybridized carbons (Fsp3) is 0.188. The van der Waals surface area contributed by atoms with Crippen LogP contribution in [0.3, 0.4) is 0 Å². The van der Waals surface area contributed by atoms with Gasteiger partial charge in [0.1, 0.15) is 17.0 Å². The van der Waals surface area contributed by atoms with E-state index in [-0.39, 0.29) is 28.9 Å². The van der Waals surface area contributed by atoms with Crippen LogP contribution in [-0.2, 0) is 13.1 Å². The number of aromatic nitrogens is 4. The quantitative estimate of drug-likeness (QED) is 0.512. The molecule has 0 unspecified atom stereocenters. The van der Waals surface area contributed by atoms with Crippen molar-refractivity contribution < 1.29 is 14.1 Å². The van der Waals surface area contributed by atoms with Crippen LogP contribution in [0, 0.1) is 15.9 Å². The highest BCUT2D eigenvalue weighted by molar-refractivity contribution is 6.33. The van der Waals surface area contributed by atoms with Gasteiger partial charge in [0.2, 0.25) is 5.69 Å². The molecule has 0 bridgehead atoms. The van der Waals surface area contributed by atoms with E-state index in [2.05, 4.69) is 15.5 Å². The van der Waals surface area contributed by atoms with Crippen LogP contribution < -0.4 is 5.32 Å². The van der Waals surface area contributed by atoms with E-state index in [0.29, 0.717) is 12.1 Å². The Morgan fingerprint density at radius 3 is 2.78 bits per heavy atom. The minimum absolute atomic E-state index is 0.0263. The monoisotopic (exact) mass is 392 g/mol. The number of carbonyl (C=O) groups is 1. The summed E-state index contributed by atoms with van der Waals surface area (Å²) in [5.41, 5.74) is -0.0911. The topological polar surface area (TPSA) is 108 Å². The first-order valence-corrected chi connectivity index (χ1v) is 8.25.